The molecule has 0 saturated carbocycles. The highest BCUT2D eigenvalue weighted by molar-refractivity contribution is 5.85. The number of amides is 1. The minimum atomic E-state index is 0. The maximum Gasteiger partial charge on any atom is 0.223 e. The lowest BCUT2D eigenvalue weighted by Gasteiger charge is -2.38. The molecular weight excluding hydrogens is 389 g/mol. The molecule has 3 rings (SSSR count). The number of rotatable bonds is 6. The Hall–Kier alpha value is -1.15. The Bertz CT molecular complexity index is 544. The number of ether oxygens (including phenoxy) is 1. The molecule has 27 heavy (non-hydrogen) atoms. The van der Waals surface area contributed by atoms with Crippen LogP contribution in [0.1, 0.15) is 25.7 Å². The van der Waals surface area contributed by atoms with Gasteiger partial charge in [-0.25, -0.2) is 4.98 Å². The third kappa shape index (κ3) is 6.45. The van der Waals surface area contributed by atoms with E-state index in [1.807, 2.05) is 0 Å². The fraction of sp³-hybridized carbons (Fsp3) is 0.722. The van der Waals surface area contributed by atoms with Gasteiger partial charge >= 0.3 is 0 Å². The molecule has 154 valence electrons. The Kier molecular flexibility index (Phi) is 10.3. The van der Waals surface area contributed by atoms with Gasteiger partial charge in [0.1, 0.15) is 5.82 Å². The minimum Gasteiger partial charge on any atom is -0.384 e. The molecule has 1 amide bonds. The standard InChI is InChI=1S/C18H29N5O2.2ClH/c1-25-14-18(4-6-19-7-5-18)13-22-17(24)15-2-10-23(11-3-15)16-12-20-8-9-21-16;;/h8-9,12,15,19H,2-7,10-11,13-14H2,1H3,(H,22,24);2*1H. The van der Waals surface area contributed by atoms with Gasteiger partial charge in [-0.15, -0.1) is 24.8 Å². The van der Waals surface area contributed by atoms with E-state index < -0.39 is 0 Å². The molecule has 0 bridgehead atoms. The van der Waals surface area contributed by atoms with Crippen LogP contribution in [0.5, 0.6) is 0 Å². The Morgan fingerprint density at radius 2 is 2.00 bits per heavy atom. The lowest BCUT2D eigenvalue weighted by molar-refractivity contribution is -0.126. The molecule has 0 unspecified atom stereocenters. The first-order valence-electron chi connectivity index (χ1n) is 9.21. The number of methoxy groups -OCH3 is 1. The molecule has 0 spiro atoms. The number of piperidine rings is 2. The van der Waals surface area contributed by atoms with Crippen LogP contribution in [-0.4, -0.2) is 62.3 Å². The van der Waals surface area contributed by atoms with Gasteiger partial charge in [0, 0.05) is 50.5 Å². The number of nitrogens with one attached hydrogen (secondary N) is 2. The van der Waals surface area contributed by atoms with E-state index in [4.69, 9.17) is 4.74 Å². The van der Waals surface area contributed by atoms with Gasteiger partial charge in [-0.05, 0) is 38.8 Å². The van der Waals surface area contributed by atoms with Gasteiger partial charge in [0.2, 0.25) is 5.91 Å². The van der Waals surface area contributed by atoms with Crippen molar-refractivity contribution in [3.05, 3.63) is 18.6 Å². The molecule has 0 atom stereocenters. The van der Waals surface area contributed by atoms with Gasteiger partial charge in [0.25, 0.3) is 0 Å². The van der Waals surface area contributed by atoms with Crippen molar-refractivity contribution in [2.45, 2.75) is 25.7 Å². The summed E-state index contributed by atoms with van der Waals surface area (Å²) in [6, 6.07) is 0. The van der Waals surface area contributed by atoms with Crippen LogP contribution in [0.2, 0.25) is 0 Å². The number of anilines is 1. The quantitative estimate of drug-likeness (QED) is 0.729. The van der Waals surface area contributed by atoms with Crippen molar-refractivity contribution in [3.63, 3.8) is 0 Å². The van der Waals surface area contributed by atoms with Crippen LogP contribution < -0.4 is 15.5 Å². The van der Waals surface area contributed by atoms with Crippen LogP contribution in [0, 0.1) is 11.3 Å². The predicted octanol–water partition coefficient (Wildman–Crippen LogP) is 1.67. The van der Waals surface area contributed by atoms with Crippen LogP contribution in [-0.2, 0) is 9.53 Å². The molecular formula is C18H31Cl2N5O2. The molecule has 1 aromatic heterocycles. The van der Waals surface area contributed by atoms with Crippen LogP contribution in [0.25, 0.3) is 0 Å². The van der Waals surface area contributed by atoms with Gasteiger partial charge in [0.15, 0.2) is 0 Å². The summed E-state index contributed by atoms with van der Waals surface area (Å²) < 4.78 is 5.43. The second-order valence-corrected chi connectivity index (χ2v) is 7.23. The molecule has 2 aliphatic heterocycles. The third-order valence-corrected chi connectivity index (χ3v) is 5.49. The number of carbonyl (C=O) groups excluding carboxylic acids is 1. The first-order chi connectivity index (χ1) is 12.2. The number of aromatic nitrogens is 2. The first-order valence-corrected chi connectivity index (χ1v) is 9.21. The fourth-order valence-corrected chi connectivity index (χ4v) is 3.88. The van der Waals surface area contributed by atoms with Gasteiger partial charge in [0.05, 0.1) is 12.8 Å². The Morgan fingerprint density at radius 1 is 1.30 bits per heavy atom. The molecule has 0 aliphatic carbocycles. The van der Waals surface area contributed by atoms with E-state index in [1.165, 1.54) is 0 Å². The molecule has 3 heterocycles. The minimum absolute atomic E-state index is 0. The van der Waals surface area contributed by atoms with Crippen LogP contribution in [0.4, 0.5) is 5.82 Å². The summed E-state index contributed by atoms with van der Waals surface area (Å²) in [5, 5.41) is 6.59. The predicted molar refractivity (Wildman–Crippen MR) is 111 cm³/mol. The van der Waals surface area contributed by atoms with Gasteiger partial charge in [-0.3, -0.25) is 9.78 Å². The summed E-state index contributed by atoms with van der Waals surface area (Å²) >= 11 is 0. The topological polar surface area (TPSA) is 79.4 Å². The summed E-state index contributed by atoms with van der Waals surface area (Å²) in [6.45, 7) is 5.12. The second kappa shape index (κ2) is 11.6. The Morgan fingerprint density at radius 3 is 2.59 bits per heavy atom. The van der Waals surface area contributed by atoms with Crippen molar-refractivity contribution >= 4 is 36.5 Å². The average Bonchev–Trinajstić information content (AvgIpc) is 2.68. The number of carbonyl (C=O) groups is 1. The maximum atomic E-state index is 12.6. The summed E-state index contributed by atoms with van der Waals surface area (Å²) in [5.74, 6) is 1.18. The van der Waals surface area contributed by atoms with E-state index in [0.717, 1.165) is 57.7 Å². The van der Waals surface area contributed by atoms with Crippen molar-refractivity contribution in [2.24, 2.45) is 11.3 Å². The number of hydrogen-bond donors (Lipinski definition) is 2. The van der Waals surface area contributed by atoms with Crippen LogP contribution >= 0.6 is 24.8 Å². The van der Waals surface area contributed by atoms with E-state index >= 15 is 0 Å². The fourth-order valence-electron chi connectivity index (χ4n) is 3.88. The zero-order chi connectivity index (χ0) is 17.5. The highest BCUT2D eigenvalue weighted by atomic mass is 35.5. The molecule has 9 heteroatoms. The molecule has 2 fully saturated rings. The monoisotopic (exact) mass is 419 g/mol. The highest BCUT2D eigenvalue weighted by Gasteiger charge is 2.34. The molecule has 0 aromatic carbocycles. The largest absolute Gasteiger partial charge is 0.384 e. The zero-order valence-electron chi connectivity index (χ0n) is 15.9. The van der Waals surface area contributed by atoms with Crippen molar-refractivity contribution in [1.29, 1.82) is 0 Å². The third-order valence-electron chi connectivity index (χ3n) is 5.49. The number of halogens is 2. The van der Waals surface area contributed by atoms with Gasteiger partial charge in [-0.2, -0.15) is 0 Å². The van der Waals surface area contributed by atoms with Crippen molar-refractivity contribution in [3.8, 4) is 0 Å². The Labute approximate surface area is 173 Å². The summed E-state index contributed by atoms with van der Waals surface area (Å²) in [7, 11) is 1.74. The SMILES string of the molecule is COCC1(CNC(=O)C2CCN(c3cnccn3)CC2)CCNCC1.Cl.Cl. The molecule has 2 saturated heterocycles. The Balaban J connectivity index is 0.00000182. The molecule has 0 radical (unpaired) electrons. The maximum absolute atomic E-state index is 12.6. The average molecular weight is 420 g/mol. The molecule has 7 nitrogen and oxygen atoms in total. The summed E-state index contributed by atoms with van der Waals surface area (Å²) in [5.41, 5.74) is 0.0794. The number of nitrogens with zero attached hydrogens (tertiary/aromatic N) is 3. The number of hydrogen-bond acceptors (Lipinski definition) is 6. The van der Waals surface area contributed by atoms with Crippen molar-refractivity contribution in [2.75, 3.05) is 51.3 Å². The van der Waals surface area contributed by atoms with Crippen molar-refractivity contribution < 1.29 is 9.53 Å². The smallest absolute Gasteiger partial charge is 0.223 e. The van der Waals surface area contributed by atoms with E-state index in [0.29, 0.717) is 13.2 Å². The van der Waals surface area contributed by atoms with E-state index in [1.54, 1.807) is 25.7 Å². The second-order valence-electron chi connectivity index (χ2n) is 7.23. The summed E-state index contributed by atoms with van der Waals surface area (Å²) in [6.07, 6.45) is 9.00. The van der Waals surface area contributed by atoms with Crippen LogP contribution in [0.15, 0.2) is 18.6 Å². The molecule has 1 aromatic rings. The van der Waals surface area contributed by atoms with Crippen molar-refractivity contribution in [1.82, 2.24) is 20.6 Å². The van der Waals surface area contributed by atoms with E-state index in [9.17, 15) is 4.79 Å². The lowest BCUT2D eigenvalue weighted by atomic mass is 9.79. The first kappa shape index (κ1) is 23.9. The molecule has 2 N–H and O–H groups in total. The van der Waals surface area contributed by atoms with Gasteiger partial charge < -0.3 is 20.3 Å². The lowest BCUT2D eigenvalue weighted by Crippen LogP contribution is -2.49. The zero-order valence-corrected chi connectivity index (χ0v) is 17.5. The van der Waals surface area contributed by atoms with Crippen LogP contribution in [0.3, 0.4) is 0 Å². The molecule has 2 aliphatic rings. The normalized spacial score (nSPS) is 19.5. The highest BCUT2D eigenvalue weighted by Crippen LogP contribution is 2.29. The van der Waals surface area contributed by atoms with Gasteiger partial charge in [-0.1, -0.05) is 0 Å². The van der Waals surface area contributed by atoms with E-state index in [2.05, 4.69) is 25.5 Å². The summed E-state index contributed by atoms with van der Waals surface area (Å²) in [4.78, 5) is 23.3. The van der Waals surface area contributed by atoms with E-state index in [-0.39, 0.29) is 42.1 Å².